The molecule has 1 heterocycles. The Morgan fingerprint density at radius 3 is 1.81 bits per heavy atom. The van der Waals surface area contributed by atoms with Crippen molar-refractivity contribution in [1.82, 2.24) is 15.5 Å². The molecule has 0 aliphatic carbocycles. The van der Waals surface area contributed by atoms with E-state index in [9.17, 15) is 14.4 Å². The quantitative estimate of drug-likeness (QED) is 0.102. The molecule has 252 valence electrons. The van der Waals surface area contributed by atoms with Gasteiger partial charge in [-0.15, -0.1) is 0 Å². The summed E-state index contributed by atoms with van der Waals surface area (Å²) < 4.78 is 16.3. The van der Waals surface area contributed by atoms with Gasteiger partial charge in [-0.2, -0.15) is 0 Å². The number of nitrogens with zero attached hydrogens (tertiary/aromatic N) is 1. The molecular formula is C33H64N4O6. The van der Waals surface area contributed by atoms with Crippen molar-refractivity contribution in [3.05, 3.63) is 0 Å². The fraction of sp³-hybridized carbons (Fsp3) is 0.909. The Morgan fingerprint density at radius 2 is 1.23 bits per heavy atom. The molecule has 1 fully saturated rings. The molecule has 0 spiro atoms. The number of likely N-dealkylation sites (tertiary alicyclic amines) is 1. The van der Waals surface area contributed by atoms with E-state index in [0.29, 0.717) is 78.5 Å². The van der Waals surface area contributed by atoms with E-state index in [1.54, 1.807) is 4.90 Å². The van der Waals surface area contributed by atoms with Crippen molar-refractivity contribution in [1.29, 1.82) is 0 Å². The molecule has 3 amide bonds. The average Bonchev–Trinajstić information content (AvgIpc) is 3.51. The predicted molar refractivity (Wildman–Crippen MR) is 172 cm³/mol. The van der Waals surface area contributed by atoms with Gasteiger partial charge in [0.05, 0.1) is 33.0 Å². The highest BCUT2D eigenvalue weighted by molar-refractivity contribution is 5.90. The van der Waals surface area contributed by atoms with Crippen LogP contribution in [-0.4, -0.2) is 94.5 Å². The fourth-order valence-electron chi connectivity index (χ4n) is 5.25. The molecule has 0 radical (unpaired) electrons. The number of hydrogen-bond acceptors (Lipinski definition) is 7. The number of amides is 3. The predicted octanol–water partition coefficient (Wildman–Crippen LogP) is 4.48. The highest BCUT2D eigenvalue weighted by atomic mass is 16.5. The van der Waals surface area contributed by atoms with Crippen molar-refractivity contribution in [3.63, 3.8) is 0 Å². The van der Waals surface area contributed by atoms with Crippen LogP contribution in [0.3, 0.4) is 0 Å². The van der Waals surface area contributed by atoms with Crippen molar-refractivity contribution in [2.24, 2.45) is 5.73 Å². The summed E-state index contributed by atoms with van der Waals surface area (Å²) in [5, 5.41) is 5.51. The second-order valence-corrected chi connectivity index (χ2v) is 11.6. The van der Waals surface area contributed by atoms with Crippen LogP contribution in [-0.2, 0) is 28.6 Å². The molecular weight excluding hydrogens is 548 g/mol. The molecule has 0 bridgehead atoms. The average molecular weight is 613 g/mol. The van der Waals surface area contributed by atoms with Gasteiger partial charge in [-0.25, -0.2) is 0 Å². The molecule has 0 aromatic heterocycles. The summed E-state index contributed by atoms with van der Waals surface area (Å²) in [7, 11) is 0. The molecule has 10 nitrogen and oxygen atoms in total. The Balaban J connectivity index is 2.00. The molecule has 1 atom stereocenters. The second-order valence-electron chi connectivity index (χ2n) is 11.6. The largest absolute Gasteiger partial charge is 0.379 e. The van der Waals surface area contributed by atoms with E-state index < -0.39 is 6.04 Å². The number of hydrogen-bond donors (Lipinski definition) is 3. The first kappa shape index (κ1) is 39.3. The van der Waals surface area contributed by atoms with E-state index >= 15 is 0 Å². The maximum atomic E-state index is 12.8. The van der Waals surface area contributed by atoms with E-state index in [4.69, 9.17) is 19.9 Å². The van der Waals surface area contributed by atoms with Crippen molar-refractivity contribution >= 4 is 17.7 Å². The summed E-state index contributed by atoms with van der Waals surface area (Å²) in [6.07, 6.45) is 20.0. The number of unbranched alkanes of at least 4 members (excludes halogenated alkanes) is 12. The number of rotatable bonds is 30. The van der Waals surface area contributed by atoms with Crippen LogP contribution in [0.5, 0.6) is 0 Å². The standard InChI is InChI=1S/C33H64N4O6/c1-2-3-4-5-6-7-8-9-10-11-12-13-14-19-32(39)37-22-15-18-30(37)33(40)36-29-31(38)35-21-17-24-42-26-28-43-27-25-41-23-16-20-34/h30H,2-29,34H2,1H3,(H,35,38)(H,36,40). The van der Waals surface area contributed by atoms with Crippen molar-refractivity contribution < 1.29 is 28.6 Å². The Labute approximate surface area is 261 Å². The second kappa shape index (κ2) is 29.0. The van der Waals surface area contributed by atoms with Gasteiger partial charge < -0.3 is 35.5 Å². The van der Waals surface area contributed by atoms with Crippen molar-refractivity contribution in [2.45, 2.75) is 129 Å². The summed E-state index contributed by atoms with van der Waals surface area (Å²) in [6, 6.07) is -0.463. The number of nitrogens with one attached hydrogen (secondary N) is 2. The zero-order valence-electron chi connectivity index (χ0n) is 27.4. The van der Waals surface area contributed by atoms with Gasteiger partial charge in [-0.05, 0) is 38.6 Å². The molecule has 10 heteroatoms. The normalized spacial score (nSPS) is 14.7. The van der Waals surface area contributed by atoms with Crippen LogP contribution < -0.4 is 16.4 Å². The lowest BCUT2D eigenvalue weighted by atomic mass is 10.0. The molecule has 1 unspecified atom stereocenters. The number of ether oxygens (including phenoxy) is 3. The lowest BCUT2D eigenvalue weighted by Crippen LogP contribution is -2.48. The van der Waals surface area contributed by atoms with E-state index in [2.05, 4.69) is 17.6 Å². The molecule has 1 saturated heterocycles. The van der Waals surface area contributed by atoms with Gasteiger partial charge in [0.15, 0.2) is 0 Å². The topological polar surface area (TPSA) is 132 Å². The van der Waals surface area contributed by atoms with Crippen LogP contribution in [0.2, 0.25) is 0 Å². The minimum Gasteiger partial charge on any atom is -0.379 e. The van der Waals surface area contributed by atoms with E-state index in [1.165, 1.54) is 70.6 Å². The number of nitrogens with two attached hydrogens (primary N) is 1. The van der Waals surface area contributed by atoms with Crippen LogP contribution >= 0.6 is 0 Å². The Kier molecular flexibility index (Phi) is 26.5. The third-order valence-corrected chi connectivity index (χ3v) is 7.82. The smallest absolute Gasteiger partial charge is 0.243 e. The monoisotopic (exact) mass is 612 g/mol. The molecule has 1 rings (SSSR count). The van der Waals surface area contributed by atoms with Gasteiger partial charge in [-0.3, -0.25) is 14.4 Å². The van der Waals surface area contributed by atoms with E-state index in [-0.39, 0.29) is 24.3 Å². The first-order chi connectivity index (χ1) is 21.1. The van der Waals surface area contributed by atoms with Crippen LogP contribution in [0.15, 0.2) is 0 Å². The molecule has 4 N–H and O–H groups in total. The molecule has 0 aromatic carbocycles. The molecule has 0 aromatic rings. The Morgan fingerprint density at radius 1 is 0.698 bits per heavy atom. The van der Waals surface area contributed by atoms with Crippen LogP contribution in [0.1, 0.15) is 122 Å². The van der Waals surface area contributed by atoms with Crippen LogP contribution in [0.25, 0.3) is 0 Å². The Bertz CT molecular complexity index is 696. The molecule has 0 saturated carbocycles. The summed E-state index contributed by atoms with van der Waals surface area (Å²) in [6.45, 7) is 7.14. The zero-order chi connectivity index (χ0) is 31.2. The molecule has 43 heavy (non-hydrogen) atoms. The summed E-state index contributed by atoms with van der Waals surface area (Å²) in [4.78, 5) is 39.4. The maximum Gasteiger partial charge on any atom is 0.243 e. The summed E-state index contributed by atoms with van der Waals surface area (Å²) in [5.41, 5.74) is 5.40. The van der Waals surface area contributed by atoms with Gasteiger partial charge in [-0.1, -0.05) is 84.0 Å². The Hall–Kier alpha value is -1.75. The third-order valence-electron chi connectivity index (χ3n) is 7.82. The SMILES string of the molecule is CCCCCCCCCCCCCCCC(=O)N1CCCC1C(=O)NCC(=O)NCCCOCCOCCOCCCN. The minimum absolute atomic E-state index is 0.0615. The number of carbonyl (C=O) groups excluding carboxylic acids is 3. The zero-order valence-corrected chi connectivity index (χ0v) is 27.4. The highest BCUT2D eigenvalue weighted by Gasteiger charge is 2.33. The van der Waals surface area contributed by atoms with Gasteiger partial charge in [0.25, 0.3) is 0 Å². The van der Waals surface area contributed by atoms with Crippen molar-refractivity contribution in [2.75, 3.05) is 65.8 Å². The number of carbonyl (C=O) groups is 3. The van der Waals surface area contributed by atoms with Gasteiger partial charge >= 0.3 is 0 Å². The maximum absolute atomic E-state index is 12.8. The van der Waals surface area contributed by atoms with Gasteiger partial charge in [0.2, 0.25) is 17.7 Å². The minimum atomic E-state index is -0.463. The lowest BCUT2D eigenvalue weighted by molar-refractivity contribution is -0.138. The van der Waals surface area contributed by atoms with E-state index in [1.807, 2.05) is 0 Å². The summed E-state index contributed by atoms with van der Waals surface area (Å²) in [5.74, 6) is -0.417. The van der Waals surface area contributed by atoms with Crippen molar-refractivity contribution in [3.8, 4) is 0 Å². The first-order valence-electron chi connectivity index (χ1n) is 17.4. The van der Waals surface area contributed by atoms with E-state index in [0.717, 1.165) is 25.7 Å². The van der Waals surface area contributed by atoms with Gasteiger partial charge in [0.1, 0.15) is 6.04 Å². The van der Waals surface area contributed by atoms with Crippen LogP contribution in [0, 0.1) is 0 Å². The lowest BCUT2D eigenvalue weighted by Gasteiger charge is -2.24. The summed E-state index contributed by atoms with van der Waals surface area (Å²) >= 11 is 0. The first-order valence-corrected chi connectivity index (χ1v) is 17.4. The molecule has 1 aliphatic rings. The van der Waals surface area contributed by atoms with Crippen LogP contribution in [0.4, 0.5) is 0 Å². The molecule has 1 aliphatic heterocycles. The fourth-order valence-corrected chi connectivity index (χ4v) is 5.25. The van der Waals surface area contributed by atoms with Gasteiger partial charge in [0, 0.05) is 32.7 Å². The third kappa shape index (κ3) is 22.4. The highest BCUT2D eigenvalue weighted by Crippen LogP contribution is 2.20.